The topological polar surface area (TPSA) is 65.9 Å². The minimum atomic E-state index is -0.466. The monoisotopic (exact) mass is 325 g/mol. The van der Waals surface area contributed by atoms with Gasteiger partial charge in [-0.3, -0.25) is 9.69 Å². The molecule has 0 aromatic carbocycles. The second-order valence-corrected chi connectivity index (χ2v) is 7.29. The van der Waals surface area contributed by atoms with Crippen LogP contribution in [0, 0.1) is 13.8 Å². The zero-order valence-corrected chi connectivity index (χ0v) is 13.9. The fourth-order valence-corrected chi connectivity index (χ4v) is 4.16. The summed E-state index contributed by atoms with van der Waals surface area (Å²) in [5, 5.41) is 11.3. The van der Waals surface area contributed by atoms with Crippen LogP contribution in [0.4, 0.5) is 0 Å². The van der Waals surface area contributed by atoms with Gasteiger partial charge in [0, 0.05) is 31.1 Å². The molecule has 2 aliphatic heterocycles. The number of nitrogens with zero attached hydrogens (tertiary/aromatic N) is 3. The molecule has 0 aliphatic carbocycles. The van der Waals surface area contributed by atoms with Gasteiger partial charge in [0.15, 0.2) is 0 Å². The Hall–Kier alpha value is -1.02. The van der Waals surface area contributed by atoms with Crippen LogP contribution in [0.25, 0.3) is 0 Å². The molecule has 0 bridgehead atoms. The molecule has 1 amide bonds. The first-order valence-corrected chi connectivity index (χ1v) is 8.57. The third-order valence-electron chi connectivity index (χ3n) is 4.44. The van der Waals surface area contributed by atoms with Gasteiger partial charge in [-0.25, -0.2) is 4.98 Å². The summed E-state index contributed by atoms with van der Waals surface area (Å²) >= 11 is 1.58. The number of aliphatic hydroxyl groups excluding tert-OH is 1. The minimum Gasteiger partial charge on any atom is -0.390 e. The number of morpholine rings is 1. The summed E-state index contributed by atoms with van der Waals surface area (Å²) in [6.45, 7) is 8.01. The van der Waals surface area contributed by atoms with E-state index in [2.05, 4.69) is 9.88 Å². The van der Waals surface area contributed by atoms with Crippen LogP contribution in [-0.4, -0.2) is 77.3 Å². The fraction of sp³-hybridized carbons (Fsp3) is 0.733. The molecule has 2 saturated heterocycles. The molecule has 6 nitrogen and oxygen atoms in total. The number of likely N-dealkylation sites (tertiary alicyclic amines) is 1. The lowest BCUT2D eigenvalue weighted by Gasteiger charge is -2.33. The minimum absolute atomic E-state index is 0.0390. The van der Waals surface area contributed by atoms with Crippen molar-refractivity contribution in [3.8, 4) is 0 Å². The quantitative estimate of drug-likeness (QED) is 0.860. The number of aliphatic hydroxyl groups is 1. The van der Waals surface area contributed by atoms with E-state index in [1.54, 1.807) is 16.2 Å². The number of carbonyl (C=O) groups excluding carboxylic acids is 1. The predicted molar refractivity (Wildman–Crippen MR) is 84.1 cm³/mol. The van der Waals surface area contributed by atoms with Gasteiger partial charge in [-0.1, -0.05) is 0 Å². The van der Waals surface area contributed by atoms with Crippen molar-refractivity contribution in [3.63, 3.8) is 0 Å². The smallest absolute Gasteiger partial charge is 0.228 e. The number of aryl methyl sites for hydroxylation is 2. The molecule has 122 valence electrons. The second-order valence-electron chi connectivity index (χ2n) is 6.00. The largest absolute Gasteiger partial charge is 0.390 e. The van der Waals surface area contributed by atoms with Crippen molar-refractivity contribution in [2.45, 2.75) is 32.4 Å². The number of ether oxygens (including phenoxy) is 1. The van der Waals surface area contributed by atoms with E-state index >= 15 is 0 Å². The van der Waals surface area contributed by atoms with E-state index < -0.39 is 6.10 Å². The molecule has 2 atom stereocenters. The van der Waals surface area contributed by atoms with E-state index in [9.17, 15) is 9.90 Å². The molecule has 1 aromatic rings. The van der Waals surface area contributed by atoms with E-state index in [4.69, 9.17) is 4.74 Å². The van der Waals surface area contributed by atoms with Crippen LogP contribution in [0.5, 0.6) is 0 Å². The molecule has 0 saturated carbocycles. The number of carbonyl (C=O) groups is 1. The number of amides is 1. The number of hydrogen-bond donors (Lipinski definition) is 1. The molecule has 2 unspecified atom stereocenters. The summed E-state index contributed by atoms with van der Waals surface area (Å²) in [5.74, 6) is 0.0848. The second kappa shape index (κ2) is 6.62. The van der Waals surface area contributed by atoms with E-state index in [1.165, 1.54) is 0 Å². The van der Waals surface area contributed by atoms with Gasteiger partial charge in [0.05, 0.1) is 42.5 Å². The summed E-state index contributed by atoms with van der Waals surface area (Å²) in [4.78, 5) is 21.9. The van der Waals surface area contributed by atoms with Crippen molar-refractivity contribution < 1.29 is 14.6 Å². The first kappa shape index (κ1) is 15.9. The number of rotatable bonds is 3. The molecular formula is C15H23N3O3S. The Morgan fingerprint density at radius 3 is 2.73 bits per heavy atom. The van der Waals surface area contributed by atoms with Crippen LogP contribution in [0.1, 0.15) is 15.6 Å². The Kier molecular flexibility index (Phi) is 4.77. The Labute approximate surface area is 134 Å². The summed E-state index contributed by atoms with van der Waals surface area (Å²) in [5.41, 5.74) is 0.945. The Morgan fingerprint density at radius 1 is 1.36 bits per heavy atom. The van der Waals surface area contributed by atoms with Gasteiger partial charge >= 0.3 is 0 Å². The van der Waals surface area contributed by atoms with Crippen LogP contribution in [-0.2, 0) is 16.0 Å². The molecule has 3 rings (SSSR count). The first-order chi connectivity index (χ1) is 10.5. The van der Waals surface area contributed by atoms with Crippen molar-refractivity contribution in [3.05, 3.63) is 15.6 Å². The highest BCUT2D eigenvalue weighted by atomic mass is 32.1. The average molecular weight is 325 g/mol. The number of hydrogen-bond acceptors (Lipinski definition) is 6. The van der Waals surface area contributed by atoms with Crippen molar-refractivity contribution >= 4 is 17.2 Å². The maximum atomic E-state index is 12.5. The SMILES string of the molecule is Cc1nc(C)c(CC(=O)N2CC(O)C(N3CCOCC3)C2)s1. The van der Waals surface area contributed by atoms with Gasteiger partial charge in [-0.2, -0.15) is 0 Å². The lowest BCUT2D eigenvalue weighted by atomic mass is 10.1. The Bertz CT molecular complexity index is 542. The zero-order valence-electron chi connectivity index (χ0n) is 13.1. The van der Waals surface area contributed by atoms with Crippen LogP contribution in [0.2, 0.25) is 0 Å². The van der Waals surface area contributed by atoms with Gasteiger partial charge in [0.2, 0.25) is 5.91 Å². The van der Waals surface area contributed by atoms with Gasteiger partial charge in [0.1, 0.15) is 0 Å². The van der Waals surface area contributed by atoms with Crippen LogP contribution in [0.3, 0.4) is 0 Å². The van der Waals surface area contributed by atoms with Crippen molar-refractivity contribution in [2.75, 3.05) is 39.4 Å². The van der Waals surface area contributed by atoms with Crippen molar-refractivity contribution in [2.24, 2.45) is 0 Å². The third kappa shape index (κ3) is 3.32. The van der Waals surface area contributed by atoms with Gasteiger partial charge in [-0.05, 0) is 13.8 Å². The highest BCUT2D eigenvalue weighted by Gasteiger charge is 2.38. The highest BCUT2D eigenvalue weighted by Crippen LogP contribution is 2.22. The molecule has 7 heteroatoms. The summed E-state index contributed by atoms with van der Waals surface area (Å²) in [6.07, 6.45) is -0.0776. The first-order valence-electron chi connectivity index (χ1n) is 7.75. The fourth-order valence-electron chi connectivity index (χ4n) is 3.23. The standard InChI is InChI=1S/C15H23N3O3S/c1-10-14(22-11(2)16-10)7-15(20)18-8-12(13(19)9-18)17-3-5-21-6-4-17/h12-13,19H,3-9H2,1-2H3. The van der Waals surface area contributed by atoms with Gasteiger partial charge in [-0.15, -0.1) is 11.3 Å². The summed E-state index contributed by atoms with van der Waals surface area (Å²) in [6, 6.07) is 0.0390. The molecule has 0 radical (unpaired) electrons. The zero-order chi connectivity index (χ0) is 15.7. The van der Waals surface area contributed by atoms with Crippen LogP contribution < -0.4 is 0 Å². The summed E-state index contributed by atoms with van der Waals surface area (Å²) < 4.78 is 5.35. The maximum Gasteiger partial charge on any atom is 0.228 e. The van der Waals surface area contributed by atoms with E-state index in [0.29, 0.717) is 32.7 Å². The average Bonchev–Trinajstić information content (AvgIpc) is 3.03. The van der Waals surface area contributed by atoms with Crippen molar-refractivity contribution in [1.29, 1.82) is 0 Å². The lowest BCUT2D eigenvalue weighted by molar-refractivity contribution is -0.129. The molecule has 1 N–H and O–H groups in total. The predicted octanol–water partition coefficient (Wildman–Crippen LogP) is 0.206. The normalized spacial score (nSPS) is 26.6. The third-order valence-corrected chi connectivity index (χ3v) is 5.51. The van der Waals surface area contributed by atoms with Crippen LogP contribution >= 0.6 is 11.3 Å². The van der Waals surface area contributed by atoms with E-state index in [0.717, 1.165) is 28.7 Å². The molecule has 22 heavy (non-hydrogen) atoms. The Balaban J connectivity index is 1.61. The Morgan fingerprint density at radius 2 is 2.09 bits per heavy atom. The van der Waals surface area contributed by atoms with Crippen molar-refractivity contribution in [1.82, 2.24) is 14.8 Å². The van der Waals surface area contributed by atoms with Crippen LogP contribution in [0.15, 0.2) is 0 Å². The molecular weight excluding hydrogens is 302 g/mol. The number of β-amino-alcohol motifs (C(OH)–C–C–N with tert-alkyl or cyclic N) is 1. The number of thiazole rings is 1. The summed E-state index contributed by atoms with van der Waals surface area (Å²) in [7, 11) is 0. The maximum absolute atomic E-state index is 12.5. The van der Waals surface area contributed by atoms with E-state index in [-0.39, 0.29) is 11.9 Å². The van der Waals surface area contributed by atoms with E-state index in [1.807, 2.05) is 13.8 Å². The lowest BCUT2D eigenvalue weighted by Crippen LogP contribution is -2.49. The molecule has 3 heterocycles. The highest BCUT2D eigenvalue weighted by molar-refractivity contribution is 7.11. The number of aromatic nitrogens is 1. The van der Waals surface area contributed by atoms with Gasteiger partial charge in [0.25, 0.3) is 0 Å². The molecule has 1 aromatic heterocycles. The van der Waals surface area contributed by atoms with Gasteiger partial charge < -0.3 is 14.7 Å². The molecule has 0 spiro atoms. The molecule has 2 fully saturated rings. The molecule has 2 aliphatic rings.